The standard InChI is InChI=1S/C22H14ClF3N6OS/c23-18-19(21(33)28-17-8-9-31(29-17)12-13-5-2-1-3-6-13)30-32-16(22(24,25)26)11-14(27-20(18)32)15-7-4-10-34-15/h1-11H,12H2,(H,28,29,33). The molecular formula is C22H14ClF3N6OS. The highest BCUT2D eigenvalue weighted by Gasteiger charge is 2.37. The van der Waals surface area contributed by atoms with E-state index in [0.29, 0.717) is 15.9 Å². The summed E-state index contributed by atoms with van der Waals surface area (Å²) in [5.41, 5.74) is -0.642. The molecule has 0 fully saturated rings. The molecule has 0 saturated carbocycles. The van der Waals surface area contributed by atoms with Gasteiger partial charge in [0.2, 0.25) is 0 Å². The molecule has 1 N–H and O–H groups in total. The van der Waals surface area contributed by atoms with Crippen LogP contribution < -0.4 is 5.32 Å². The van der Waals surface area contributed by atoms with Crippen LogP contribution in [-0.2, 0) is 12.7 Å². The van der Waals surface area contributed by atoms with Gasteiger partial charge in [0.05, 0.1) is 17.1 Å². The maximum atomic E-state index is 13.8. The van der Waals surface area contributed by atoms with E-state index in [9.17, 15) is 18.0 Å². The number of benzene rings is 1. The van der Waals surface area contributed by atoms with E-state index >= 15 is 0 Å². The number of nitrogens with zero attached hydrogens (tertiary/aromatic N) is 5. The van der Waals surface area contributed by atoms with E-state index in [1.807, 2.05) is 30.3 Å². The summed E-state index contributed by atoms with van der Waals surface area (Å²) in [4.78, 5) is 17.6. The average molecular weight is 503 g/mol. The van der Waals surface area contributed by atoms with Crippen LogP contribution in [0.4, 0.5) is 19.0 Å². The Labute approximate surface area is 199 Å². The van der Waals surface area contributed by atoms with Crippen LogP contribution in [0.1, 0.15) is 21.7 Å². The molecule has 0 radical (unpaired) electrons. The molecule has 4 aromatic heterocycles. The third-order valence-corrected chi connectivity index (χ3v) is 6.12. The van der Waals surface area contributed by atoms with Crippen LogP contribution in [0.25, 0.3) is 16.2 Å². The number of anilines is 1. The Bertz CT molecular complexity index is 1480. The van der Waals surface area contributed by atoms with Gasteiger partial charge in [-0.1, -0.05) is 48.0 Å². The predicted octanol–water partition coefficient (Wildman–Crippen LogP) is 5.63. The van der Waals surface area contributed by atoms with Gasteiger partial charge in [-0.25, -0.2) is 9.50 Å². The summed E-state index contributed by atoms with van der Waals surface area (Å²) < 4.78 is 43.5. The SMILES string of the molecule is O=C(Nc1ccn(Cc2ccccc2)n1)c1nn2c(C(F)(F)F)cc(-c3cccs3)nc2c1Cl. The summed E-state index contributed by atoms with van der Waals surface area (Å²) >= 11 is 7.52. The molecule has 5 rings (SSSR count). The molecule has 4 heterocycles. The molecule has 7 nitrogen and oxygen atoms in total. The number of carbonyl (C=O) groups is 1. The second kappa shape index (κ2) is 8.58. The second-order valence-corrected chi connectivity index (χ2v) is 8.56. The van der Waals surface area contributed by atoms with E-state index < -0.39 is 17.8 Å². The van der Waals surface area contributed by atoms with Gasteiger partial charge in [0, 0.05) is 12.3 Å². The number of aromatic nitrogens is 5. The van der Waals surface area contributed by atoms with Crippen molar-refractivity contribution >= 4 is 40.3 Å². The van der Waals surface area contributed by atoms with E-state index in [1.165, 1.54) is 11.3 Å². The van der Waals surface area contributed by atoms with Crippen LogP contribution in [0.2, 0.25) is 5.02 Å². The highest BCUT2D eigenvalue weighted by molar-refractivity contribution is 7.13. The maximum absolute atomic E-state index is 13.8. The van der Waals surface area contributed by atoms with Crippen LogP contribution in [0.3, 0.4) is 0 Å². The molecule has 1 aromatic carbocycles. The smallest absolute Gasteiger partial charge is 0.304 e. The van der Waals surface area contributed by atoms with Gasteiger partial charge in [0.15, 0.2) is 22.9 Å². The van der Waals surface area contributed by atoms with E-state index in [-0.39, 0.29) is 27.9 Å². The first-order valence-corrected chi connectivity index (χ1v) is 11.1. The van der Waals surface area contributed by atoms with Gasteiger partial charge in [0.25, 0.3) is 5.91 Å². The van der Waals surface area contributed by atoms with Crippen LogP contribution in [0.5, 0.6) is 0 Å². The zero-order valence-corrected chi connectivity index (χ0v) is 18.7. The largest absolute Gasteiger partial charge is 0.433 e. The molecule has 0 aliphatic heterocycles. The molecule has 1 amide bonds. The molecule has 0 bridgehead atoms. The second-order valence-electron chi connectivity index (χ2n) is 7.24. The van der Waals surface area contributed by atoms with Crippen molar-refractivity contribution < 1.29 is 18.0 Å². The molecule has 12 heteroatoms. The van der Waals surface area contributed by atoms with Crippen LogP contribution in [-0.4, -0.2) is 30.3 Å². The Kier molecular flexibility index (Phi) is 5.58. The first-order valence-electron chi connectivity index (χ1n) is 9.88. The van der Waals surface area contributed by atoms with Crippen molar-refractivity contribution in [1.82, 2.24) is 24.4 Å². The zero-order chi connectivity index (χ0) is 23.9. The van der Waals surface area contributed by atoms with E-state index in [4.69, 9.17) is 11.6 Å². The maximum Gasteiger partial charge on any atom is 0.433 e. The normalized spacial score (nSPS) is 11.8. The minimum Gasteiger partial charge on any atom is -0.304 e. The summed E-state index contributed by atoms with van der Waals surface area (Å²) in [6.45, 7) is 0.482. The van der Waals surface area contributed by atoms with Gasteiger partial charge < -0.3 is 5.32 Å². The van der Waals surface area contributed by atoms with Crippen LogP contribution >= 0.6 is 22.9 Å². The molecule has 5 aromatic rings. The lowest BCUT2D eigenvalue weighted by atomic mass is 10.2. The third-order valence-electron chi connectivity index (χ3n) is 4.88. The van der Waals surface area contributed by atoms with Crippen molar-refractivity contribution in [2.24, 2.45) is 0 Å². The van der Waals surface area contributed by atoms with Gasteiger partial charge >= 0.3 is 6.18 Å². The number of carbonyl (C=O) groups excluding carboxylic acids is 1. The zero-order valence-electron chi connectivity index (χ0n) is 17.1. The van der Waals surface area contributed by atoms with Gasteiger partial charge in [-0.15, -0.1) is 11.3 Å². The highest BCUT2D eigenvalue weighted by atomic mass is 35.5. The minimum atomic E-state index is -4.74. The van der Waals surface area contributed by atoms with Crippen molar-refractivity contribution in [2.75, 3.05) is 5.32 Å². The number of nitrogens with one attached hydrogen (secondary N) is 1. The lowest BCUT2D eigenvalue weighted by molar-refractivity contribution is -0.142. The van der Waals surface area contributed by atoms with Gasteiger partial charge in [0.1, 0.15) is 5.02 Å². The van der Waals surface area contributed by atoms with Crippen molar-refractivity contribution in [3.05, 3.63) is 88.1 Å². The molecular weight excluding hydrogens is 489 g/mol. The molecule has 0 saturated heterocycles. The first kappa shape index (κ1) is 22.1. The number of rotatable bonds is 5. The molecule has 34 heavy (non-hydrogen) atoms. The Morgan fingerprint density at radius 3 is 2.59 bits per heavy atom. The summed E-state index contributed by atoms with van der Waals surface area (Å²) in [7, 11) is 0. The van der Waals surface area contributed by atoms with Crippen molar-refractivity contribution in [1.29, 1.82) is 0 Å². The summed E-state index contributed by atoms with van der Waals surface area (Å²) in [5, 5.41) is 12.1. The predicted molar refractivity (Wildman–Crippen MR) is 122 cm³/mol. The lowest BCUT2D eigenvalue weighted by Crippen LogP contribution is -2.16. The summed E-state index contributed by atoms with van der Waals surface area (Å²) in [5.74, 6) is -0.594. The fourth-order valence-electron chi connectivity index (χ4n) is 3.35. The van der Waals surface area contributed by atoms with Gasteiger partial charge in [-0.05, 0) is 23.1 Å². The number of halogens is 4. The Morgan fingerprint density at radius 2 is 1.88 bits per heavy atom. The Hall–Kier alpha value is -3.70. The number of hydrogen-bond acceptors (Lipinski definition) is 5. The minimum absolute atomic E-state index is 0.0863. The summed E-state index contributed by atoms with van der Waals surface area (Å²) in [6, 6.07) is 15.4. The lowest BCUT2D eigenvalue weighted by Gasteiger charge is -2.10. The van der Waals surface area contributed by atoms with Crippen LogP contribution in [0.15, 0.2) is 66.2 Å². The Morgan fingerprint density at radius 1 is 1.09 bits per heavy atom. The van der Waals surface area contributed by atoms with Crippen LogP contribution in [0, 0.1) is 0 Å². The first-order chi connectivity index (χ1) is 16.3. The average Bonchev–Trinajstić information content (AvgIpc) is 3.55. The monoisotopic (exact) mass is 502 g/mol. The van der Waals surface area contributed by atoms with Gasteiger partial charge in [-0.2, -0.15) is 23.4 Å². The fourth-order valence-corrected chi connectivity index (χ4v) is 4.28. The van der Waals surface area contributed by atoms with Gasteiger partial charge in [-0.3, -0.25) is 9.48 Å². The van der Waals surface area contributed by atoms with E-state index in [0.717, 1.165) is 11.6 Å². The Balaban J connectivity index is 1.47. The quantitative estimate of drug-likeness (QED) is 0.338. The summed E-state index contributed by atoms with van der Waals surface area (Å²) in [6.07, 6.45) is -3.07. The number of hydrogen-bond donors (Lipinski definition) is 1. The number of fused-ring (bicyclic) bond motifs is 1. The van der Waals surface area contributed by atoms with Crippen molar-refractivity contribution in [3.63, 3.8) is 0 Å². The molecule has 0 spiro atoms. The van der Waals surface area contributed by atoms with E-state index in [2.05, 4.69) is 20.5 Å². The third kappa shape index (κ3) is 4.27. The molecule has 0 aliphatic rings. The van der Waals surface area contributed by atoms with Crippen molar-refractivity contribution in [3.8, 4) is 10.6 Å². The number of alkyl halides is 3. The number of amides is 1. The fraction of sp³-hybridized carbons (Fsp3) is 0.0909. The molecule has 0 aliphatic carbocycles. The number of thiophene rings is 1. The topological polar surface area (TPSA) is 77.1 Å². The van der Waals surface area contributed by atoms with Crippen molar-refractivity contribution in [2.45, 2.75) is 12.7 Å². The highest BCUT2D eigenvalue weighted by Crippen LogP contribution is 2.35. The molecule has 172 valence electrons. The molecule has 0 atom stereocenters. The van der Waals surface area contributed by atoms with E-state index in [1.54, 1.807) is 34.5 Å². The molecule has 0 unspecified atom stereocenters.